The van der Waals surface area contributed by atoms with Crippen molar-refractivity contribution in [1.29, 1.82) is 0 Å². The Kier molecular flexibility index (Phi) is 5.80. The van der Waals surface area contributed by atoms with Gasteiger partial charge >= 0.3 is 0 Å². The van der Waals surface area contributed by atoms with Crippen molar-refractivity contribution < 1.29 is 14.2 Å². The van der Waals surface area contributed by atoms with E-state index in [4.69, 9.17) is 25.8 Å². The summed E-state index contributed by atoms with van der Waals surface area (Å²) in [5.74, 6) is 2.04. The number of likely N-dealkylation sites (tertiary alicyclic amines) is 1. The molecule has 0 saturated carbocycles. The van der Waals surface area contributed by atoms with Gasteiger partial charge in [0.2, 0.25) is 5.28 Å². The van der Waals surface area contributed by atoms with Crippen LogP contribution in [-0.2, 0) is 4.74 Å². The Balaban J connectivity index is 1.49. The zero-order valence-corrected chi connectivity index (χ0v) is 16.3. The lowest BCUT2D eigenvalue weighted by Crippen LogP contribution is -2.40. The molecule has 7 nitrogen and oxygen atoms in total. The Bertz CT molecular complexity index is 794. The molecule has 0 atom stereocenters. The molecule has 2 aromatic rings. The van der Waals surface area contributed by atoms with Crippen LogP contribution in [-0.4, -0.2) is 67.5 Å². The molecular weight excluding hydrogens is 368 g/mol. The number of methoxy groups -OCH3 is 1. The van der Waals surface area contributed by atoms with Gasteiger partial charge in [-0.2, -0.15) is 0 Å². The van der Waals surface area contributed by atoms with Crippen LogP contribution in [0.15, 0.2) is 12.1 Å². The van der Waals surface area contributed by atoms with Gasteiger partial charge in [0.25, 0.3) is 0 Å². The quantitative estimate of drug-likeness (QED) is 0.547. The van der Waals surface area contributed by atoms with Gasteiger partial charge in [-0.25, -0.2) is 9.97 Å². The highest BCUT2D eigenvalue weighted by Gasteiger charge is 2.21. The highest BCUT2D eigenvalue weighted by molar-refractivity contribution is 6.28. The Labute approximate surface area is 164 Å². The standard InChI is InChI=1S/C19H25ClN4O3/c1-25-16-9-14-15(22-19(20)23-18(14)21-13-11-26-12-13)10-17(16)27-8-4-7-24-5-2-3-6-24/h9-10,13H,2-8,11-12H2,1H3,(H,21,22,23). The summed E-state index contributed by atoms with van der Waals surface area (Å²) < 4.78 is 16.7. The first-order chi connectivity index (χ1) is 13.2. The number of benzene rings is 1. The van der Waals surface area contributed by atoms with Crippen LogP contribution in [0, 0.1) is 0 Å². The molecule has 0 bridgehead atoms. The third-order valence-electron chi connectivity index (χ3n) is 5.01. The SMILES string of the molecule is COc1cc2c(NC3COC3)nc(Cl)nc2cc1OCCCN1CCCC1. The molecule has 0 spiro atoms. The molecule has 4 rings (SSSR count). The topological polar surface area (TPSA) is 68.7 Å². The van der Waals surface area contributed by atoms with Crippen molar-refractivity contribution in [2.45, 2.75) is 25.3 Å². The molecule has 0 amide bonds. The highest BCUT2D eigenvalue weighted by Crippen LogP contribution is 2.35. The van der Waals surface area contributed by atoms with Crippen LogP contribution in [0.25, 0.3) is 10.9 Å². The smallest absolute Gasteiger partial charge is 0.224 e. The van der Waals surface area contributed by atoms with E-state index in [0.29, 0.717) is 37.1 Å². The minimum Gasteiger partial charge on any atom is -0.493 e. The average molecular weight is 393 g/mol. The van der Waals surface area contributed by atoms with E-state index in [-0.39, 0.29) is 11.3 Å². The van der Waals surface area contributed by atoms with E-state index in [1.54, 1.807) is 7.11 Å². The minimum atomic E-state index is 0.204. The molecule has 1 aromatic carbocycles. The number of fused-ring (bicyclic) bond motifs is 1. The average Bonchev–Trinajstić information content (AvgIpc) is 3.14. The van der Waals surface area contributed by atoms with Gasteiger partial charge in [0.1, 0.15) is 5.82 Å². The second-order valence-electron chi connectivity index (χ2n) is 6.99. The van der Waals surface area contributed by atoms with Crippen LogP contribution >= 0.6 is 11.6 Å². The Morgan fingerprint density at radius 3 is 2.74 bits per heavy atom. The van der Waals surface area contributed by atoms with Gasteiger partial charge in [0, 0.05) is 18.0 Å². The largest absolute Gasteiger partial charge is 0.493 e. The third-order valence-corrected chi connectivity index (χ3v) is 5.18. The second kappa shape index (κ2) is 8.46. The molecule has 2 aliphatic heterocycles. The molecule has 2 fully saturated rings. The molecule has 3 heterocycles. The zero-order chi connectivity index (χ0) is 18.6. The Hall–Kier alpha value is -1.83. The van der Waals surface area contributed by atoms with Crippen molar-refractivity contribution in [1.82, 2.24) is 14.9 Å². The maximum Gasteiger partial charge on any atom is 0.224 e. The number of aromatic nitrogens is 2. The van der Waals surface area contributed by atoms with E-state index in [1.165, 1.54) is 25.9 Å². The summed E-state index contributed by atoms with van der Waals surface area (Å²) in [4.78, 5) is 11.2. The normalized spacial score (nSPS) is 17.9. The van der Waals surface area contributed by atoms with Gasteiger partial charge in [-0.3, -0.25) is 0 Å². The van der Waals surface area contributed by atoms with Gasteiger partial charge in [0.05, 0.1) is 38.5 Å². The van der Waals surface area contributed by atoms with Gasteiger partial charge in [-0.05, 0) is 50.0 Å². The van der Waals surface area contributed by atoms with Gasteiger partial charge < -0.3 is 24.4 Å². The van der Waals surface area contributed by atoms with E-state index in [1.807, 2.05) is 12.1 Å². The van der Waals surface area contributed by atoms with E-state index < -0.39 is 0 Å². The molecule has 0 unspecified atom stereocenters. The predicted molar refractivity (Wildman–Crippen MR) is 105 cm³/mol. The van der Waals surface area contributed by atoms with E-state index in [2.05, 4.69) is 20.2 Å². The molecule has 2 saturated heterocycles. The highest BCUT2D eigenvalue weighted by atomic mass is 35.5. The molecule has 0 aliphatic carbocycles. The molecule has 2 aliphatic rings. The number of halogens is 1. The molecule has 8 heteroatoms. The van der Waals surface area contributed by atoms with Crippen LogP contribution in [0.2, 0.25) is 5.28 Å². The first-order valence-electron chi connectivity index (χ1n) is 9.47. The summed E-state index contributed by atoms with van der Waals surface area (Å²) in [5.41, 5.74) is 0.730. The van der Waals surface area contributed by atoms with E-state index in [0.717, 1.165) is 23.9 Å². The number of hydrogen-bond donors (Lipinski definition) is 1. The number of ether oxygens (including phenoxy) is 3. The van der Waals surface area contributed by atoms with Crippen molar-refractivity contribution in [3.05, 3.63) is 17.4 Å². The summed E-state index contributed by atoms with van der Waals surface area (Å²) in [7, 11) is 1.64. The van der Waals surface area contributed by atoms with E-state index >= 15 is 0 Å². The fourth-order valence-electron chi connectivity index (χ4n) is 3.48. The lowest BCUT2D eigenvalue weighted by molar-refractivity contribution is 0.0210. The number of rotatable bonds is 8. The first kappa shape index (κ1) is 18.5. The lowest BCUT2D eigenvalue weighted by Gasteiger charge is -2.27. The summed E-state index contributed by atoms with van der Waals surface area (Å²) in [6, 6.07) is 4.02. The first-order valence-corrected chi connectivity index (χ1v) is 9.85. The Morgan fingerprint density at radius 2 is 2.04 bits per heavy atom. The van der Waals surface area contributed by atoms with Crippen molar-refractivity contribution >= 4 is 28.3 Å². The van der Waals surface area contributed by atoms with Gasteiger partial charge in [-0.1, -0.05) is 0 Å². The summed E-state index contributed by atoms with van der Waals surface area (Å²) in [5, 5.41) is 4.41. The van der Waals surface area contributed by atoms with Crippen LogP contribution < -0.4 is 14.8 Å². The maximum absolute atomic E-state index is 6.12. The van der Waals surface area contributed by atoms with Crippen LogP contribution in [0.4, 0.5) is 5.82 Å². The molecular formula is C19H25ClN4O3. The summed E-state index contributed by atoms with van der Waals surface area (Å²) in [6.45, 7) is 5.45. The van der Waals surface area contributed by atoms with Crippen LogP contribution in [0.5, 0.6) is 11.5 Å². The molecule has 1 aromatic heterocycles. The summed E-state index contributed by atoms with van der Waals surface area (Å²) in [6.07, 6.45) is 3.60. The van der Waals surface area contributed by atoms with Crippen molar-refractivity contribution in [3.8, 4) is 11.5 Å². The minimum absolute atomic E-state index is 0.204. The molecule has 0 radical (unpaired) electrons. The van der Waals surface area contributed by atoms with Gasteiger partial charge in [-0.15, -0.1) is 0 Å². The molecule has 1 N–H and O–H groups in total. The predicted octanol–water partition coefficient (Wildman–Crippen LogP) is 2.97. The van der Waals surface area contributed by atoms with Crippen molar-refractivity contribution in [2.24, 2.45) is 0 Å². The third kappa shape index (κ3) is 4.36. The van der Waals surface area contributed by atoms with Crippen molar-refractivity contribution in [3.63, 3.8) is 0 Å². The second-order valence-corrected chi connectivity index (χ2v) is 7.33. The number of nitrogens with zero attached hydrogens (tertiary/aromatic N) is 3. The number of hydrogen-bond acceptors (Lipinski definition) is 7. The van der Waals surface area contributed by atoms with Gasteiger partial charge in [0.15, 0.2) is 11.5 Å². The maximum atomic E-state index is 6.12. The van der Waals surface area contributed by atoms with Crippen LogP contribution in [0.3, 0.4) is 0 Å². The monoisotopic (exact) mass is 392 g/mol. The molecule has 146 valence electrons. The van der Waals surface area contributed by atoms with E-state index in [9.17, 15) is 0 Å². The lowest BCUT2D eigenvalue weighted by atomic mass is 10.2. The van der Waals surface area contributed by atoms with Crippen molar-refractivity contribution in [2.75, 3.05) is 51.9 Å². The Morgan fingerprint density at radius 1 is 1.22 bits per heavy atom. The fraction of sp³-hybridized carbons (Fsp3) is 0.579. The molecule has 27 heavy (non-hydrogen) atoms. The number of anilines is 1. The van der Waals surface area contributed by atoms with Crippen LogP contribution in [0.1, 0.15) is 19.3 Å². The number of nitrogens with one attached hydrogen (secondary N) is 1. The zero-order valence-electron chi connectivity index (χ0n) is 15.5. The fourth-order valence-corrected chi connectivity index (χ4v) is 3.66. The summed E-state index contributed by atoms with van der Waals surface area (Å²) >= 11 is 6.12.